The molecule has 0 radical (unpaired) electrons. The summed E-state index contributed by atoms with van der Waals surface area (Å²) in [6.07, 6.45) is 0.879. The molecule has 0 fully saturated rings. The van der Waals surface area contributed by atoms with Crippen LogP contribution < -0.4 is 5.32 Å². The molecule has 0 heterocycles. The number of carbonyl (C=O) groups is 2. The van der Waals surface area contributed by atoms with Crippen molar-refractivity contribution in [2.24, 2.45) is 0 Å². The Balaban J connectivity index is 2.28. The van der Waals surface area contributed by atoms with Crippen molar-refractivity contribution in [2.45, 2.75) is 19.3 Å². The van der Waals surface area contributed by atoms with Crippen LogP contribution in [0.25, 0.3) is 0 Å². The van der Waals surface area contributed by atoms with Crippen LogP contribution in [0.2, 0.25) is 10.0 Å². The molecule has 0 bridgehead atoms. The quantitative estimate of drug-likeness (QED) is 0.822. The fraction of sp³-hybridized carbons (Fsp3) is 0.385. The van der Waals surface area contributed by atoms with Gasteiger partial charge in [0.25, 0.3) is 0 Å². The summed E-state index contributed by atoms with van der Waals surface area (Å²) < 4.78 is 4.45. The fourth-order valence-corrected chi connectivity index (χ4v) is 1.77. The maximum Gasteiger partial charge on any atom is 0.306 e. The highest BCUT2D eigenvalue weighted by molar-refractivity contribution is 6.42. The van der Waals surface area contributed by atoms with Crippen molar-refractivity contribution in [1.29, 1.82) is 0 Å². The molecule has 0 aliphatic heterocycles. The second-order valence-corrected chi connectivity index (χ2v) is 4.74. The molecule has 1 amide bonds. The average molecular weight is 304 g/mol. The van der Waals surface area contributed by atoms with Gasteiger partial charge >= 0.3 is 5.97 Å². The maximum atomic E-state index is 11.4. The number of amides is 1. The van der Waals surface area contributed by atoms with Crippen molar-refractivity contribution >= 4 is 35.1 Å². The first-order valence-corrected chi connectivity index (χ1v) is 6.56. The van der Waals surface area contributed by atoms with E-state index in [1.165, 1.54) is 7.11 Å². The molecule has 1 rings (SSSR count). The van der Waals surface area contributed by atoms with E-state index in [2.05, 4.69) is 10.1 Å². The van der Waals surface area contributed by atoms with Crippen LogP contribution in [-0.4, -0.2) is 25.5 Å². The lowest BCUT2D eigenvalue weighted by molar-refractivity contribution is -0.142. The molecule has 0 spiro atoms. The molecule has 0 saturated heterocycles. The Hall–Kier alpha value is -1.26. The second kappa shape index (κ2) is 8.02. The SMILES string of the molecule is COC(=O)CCC(=O)NCCc1ccc(Cl)c(Cl)c1. The molecule has 0 aromatic heterocycles. The van der Waals surface area contributed by atoms with Crippen LogP contribution in [0.5, 0.6) is 0 Å². The third-order valence-corrected chi connectivity index (χ3v) is 3.24. The van der Waals surface area contributed by atoms with E-state index in [9.17, 15) is 9.59 Å². The third kappa shape index (κ3) is 5.94. The van der Waals surface area contributed by atoms with Crippen molar-refractivity contribution < 1.29 is 14.3 Å². The molecule has 0 unspecified atom stereocenters. The molecule has 6 heteroatoms. The van der Waals surface area contributed by atoms with Gasteiger partial charge in [-0.25, -0.2) is 0 Å². The fourth-order valence-electron chi connectivity index (χ4n) is 1.45. The Morgan fingerprint density at radius 3 is 2.58 bits per heavy atom. The van der Waals surface area contributed by atoms with E-state index in [0.717, 1.165) is 5.56 Å². The molecule has 4 nitrogen and oxygen atoms in total. The molecule has 0 aliphatic rings. The number of rotatable bonds is 6. The van der Waals surface area contributed by atoms with Crippen molar-refractivity contribution in [3.05, 3.63) is 33.8 Å². The summed E-state index contributed by atoms with van der Waals surface area (Å²) in [6.45, 7) is 0.484. The summed E-state index contributed by atoms with van der Waals surface area (Å²) >= 11 is 11.7. The Morgan fingerprint density at radius 2 is 1.95 bits per heavy atom. The summed E-state index contributed by atoms with van der Waals surface area (Å²) in [7, 11) is 1.30. The number of carbonyl (C=O) groups excluding carboxylic acids is 2. The highest BCUT2D eigenvalue weighted by atomic mass is 35.5. The topological polar surface area (TPSA) is 55.4 Å². The summed E-state index contributed by atoms with van der Waals surface area (Å²) in [6, 6.07) is 5.34. The van der Waals surface area contributed by atoms with Gasteiger partial charge in [0.05, 0.1) is 23.6 Å². The van der Waals surface area contributed by atoms with Crippen LogP contribution in [0.4, 0.5) is 0 Å². The molecule has 19 heavy (non-hydrogen) atoms. The van der Waals surface area contributed by atoms with E-state index in [0.29, 0.717) is 23.0 Å². The Bertz CT molecular complexity index is 463. The van der Waals surface area contributed by atoms with Gasteiger partial charge in [-0.05, 0) is 24.1 Å². The van der Waals surface area contributed by atoms with Crippen molar-refractivity contribution in [1.82, 2.24) is 5.32 Å². The zero-order chi connectivity index (χ0) is 14.3. The van der Waals surface area contributed by atoms with E-state index in [1.54, 1.807) is 12.1 Å². The standard InChI is InChI=1S/C13H15Cl2NO3/c1-19-13(18)5-4-12(17)16-7-6-9-2-3-10(14)11(15)8-9/h2-3,8H,4-7H2,1H3,(H,16,17). The first-order valence-electron chi connectivity index (χ1n) is 5.80. The lowest BCUT2D eigenvalue weighted by Gasteiger charge is -2.06. The second-order valence-electron chi connectivity index (χ2n) is 3.92. The molecule has 0 atom stereocenters. The van der Waals surface area contributed by atoms with E-state index >= 15 is 0 Å². The van der Waals surface area contributed by atoms with Crippen molar-refractivity contribution in [3.8, 4) is 0 Å². The number of esters is 1. The van der Waals surface area contributed by atoms with Gasteiger partial charge in [0, 0.05) is 13.0 Å². The third-order valence-electron chi connectivity index (χ3n) is 2.50. The maximum absolute atomic E-state index is 11.4. The lowest BCUT2D eigenvalue weighted by atomic mass is 10.1. The van der Waals surface area contributed by atoms with Crippen LogP contribution in [0, 0.1) is 0 Å². The van der Waals surface area contributed by atoms with Crippen LogP contribution in [0.1, 0.15) is 18.4 Å². The molecule has 1 N–H and O–H groups in total. The number of ether oxygens (including phenoxy) is 1. The molecular weight excluding hydrogens is 289 g/mol. The molecule has 1 aromatic carbocycles. The van der Waals surface area contributed by atoms with Gasteiger partial charge in [0.2, 0.25) is 5.91 Å². The van der Waals surface area contributed by atoms with Crippen molar-refractivity contribution in [2.75, 3.05) is 13.7 Å². The Kier molecular flexibility index (Phi) is 6.67. The van der Waals surface area contributed by atoms with Gasteiger partial charge in [0.15, 0.2) is 0 Å². The van der Waals surface area contributed by atoms with Gasteiger partial charge in [-0.2, -0.15) is 0 Å². The monoisotopic (exact) mass is 303 g/mol. The summed E-state index contributed by atoms with van der Waals surface area (Å²) in [5.74, 6) is -0.565. The summed E-state index contributed by atoms with van der Waals surface area (Å²) in [4.78, 5) is 22.3. The number of hydrogen-bond donors (Lipinski definition) is 1. The zero-order valence-electron chi connectivity index (χ0n) is 10.5. The predicted molar refractivity (Wildman–Crippen MR) is 74.4 cm³/mol. The zero-order valence-corrected chi connectivity index (χ0v) is 12.1. The number of methoxy groups -OCH3 is 1. The number of hydrogen-bond acceptors (Lipinski definition) is 3. The molecule has 104 valence electrons. The van der Waals surface area contributed by atoms with Crippen LogP contribution in [-0.2, 0) is 20.7 Å². The van der Waals surface area contributed by atoms with E-state index in [-0.39, 0.29) is 24.7 Å². The van der Waals surface area contributed by atoms with Crippen LogP contribution in [0.15, 0.2) is 18.2 Å². The minimum atomic E-state index is -0.389. The minimum absolute atomic E-state index is 0.0924. The predicted octanol–water partition coefficient (Wildman–Crippen LogP) is 2.61. The van der Waals surface area contributed by atoms with E-state index < -0.39 is 0 Å². The normalized spacial score (nSPS) is 10.1. The van der Waals surface area contributed by atoms with Gasteiger partial charge in [-0.15, -0.1) is 0 Å². The highest BCUT2D eigenvalue weighted by Gasteiger charge is 2.06. The molecule has 1 aromatic rings. The van der Waals surface area contributed by atoms with Crippen LogP contribution >= 0.6 is 23.2 Å². The lowest BCUT2D eigenvalue weighted by Crippen LogP contribution is -2.26. The minimum Gasteiger partial charge on any atom is -0.469 e. The summed E-state index contributed by atoms with van der Waals surface area (Å²) in [5.41, 5.74) is 0.989. The van der Waals surface area contributed by atoms with Gasteiger partial charge < -0.3 is 10.1 Å². The largest absolute Gasteiger partial charge is 0.469 e. The van der Waals surface area contributed by atoms with Crippen molar-refractivity contribution in [3.63, 3.8) is 0 Å². The van der Waals surface area contributed by atoms with E-state index in [1.807, 2.05) is 6.07 Å². The molecule has 0 aliphatic carbocycles. The molecule has 0 saturated carbocycles. The van der Waals surface area contributed by atoms with Crippen LogP contribution in [0.3, 0.4) is 0 Å². The smallest absolute Gasteiger partial charge is 0.306 e. The van der Waals surface area contributed by atoms with Gasteiger partial charge in [-0.3, -0.25) is 9.59 Å². The number of halogens is 2. The Morgan fingerprint density at radius 1 is 1.21 bits per heavy atom. The average Bonchev–Trinajstić information content (AvgIpc) is 2.40. The summed E-state index contributed by atoms with van der Waals surface area (Å²) in [5, 5.41) is 3.73. The molecular formula is C13H15Cl2NO3. The highest BCUT2D eigenvalue weighted by Crippen LogP contribution is 2.22. The van der Waals surface area contributed by atoms with Gasteiger partial charge in [-0.1, -0.05) is 29.3 Å². The first-order chi connectivity index (χ1) is 9.02. The van der Waals surface area contributed by atoms with E-state index in [4.69, 9.17) is 23.2 Å². The number of benzene rings is 1. The van der Waals surface area contributed by atoms with Gasteiger partial charge in [0.1, 0.15) is 0 Å². The first kappa shape index (κ1) is 15.8. The number of nitrogens with one attached hydrogen (secondary N) is 1. The Labute approximate surface area is 122 Å².